The normalized spacial score (nSPS) is 12.0. The minimum atomic E-state index is 0.103. The van der Waals surface area contributed by atoms with Crippen molar-refractivity contribution < 1.29 is 0 Å². The van der Waals surface area contributed by atoms with Crippen LogP contribution in [0.15, 0.2) is 164 Å². The first kappa shape index (κ1) is 29.6. The maximum Gasteiger partial charge on any atom is 0.0392 e. The molecule has 0 amide bonds. The molecular weight excluding hydrogens is 609 g/mol. The fraction of sp³-hybridized carbons (Fsp3) is 0.0833. The first-order valence-corrected chi connectivity index (χ1v) is 17.9. The standard InChI is InChI=1S/C48H36S/c1-48(2,3)43-23-13-22-40-41-29-36(25-27-44(41)49-47(40)43)34-19-12-18-33(28-34)35-24-26-39-42(30-35)46(32-16-8-5-9-17-32)38-21-11-10-20-37(38)45(39)31-14-6-4-7-15-31/h4-30H,1-3H3. The lowest BCUT2D eigenvalue weighted by Gasteiger charge is -2.19. The fourth-order valence-electron chi connectivity index (χ4n) is 7.64. The first-order chi connectivity index (χ1) is 23.9. The second-order valence-electron chi connectivity index (χ2n) is 14.1. The summed E-state index contributed by atoms with van der Waals surface area (Å²) in [5.41, 5.74) is 11.5. The van der Waals surface area contributed by atoms with Gasteiger partial charge in [-0.05, 0) is 101 Å². The highest BCUT2D eigenvalue weighted by molar-refractivity contribution is 7.26. The zero-order valence-electron chi connectivity index (χ0n) is 28.0. The van der Waals surface area contributed by atoms with Crippen LogP contribution < -0.4 is 0 Å². The minimum absolute atomic E-state index is 0.103. The predicted molar refractivity (Wildman–Crippen MR) is 215 cm³/mol. The van der Waals surface area contributed by atoms with Crippen LogP contribution in [0, 0.1) is 0 Å². The molecule has 0 N–H and O–H groups in total. The van der Waals surface area contributed by atoms with E-state index < -0.39 is 0 Å². The van der Waals surface area contributed by atoms with E-state index in [4.69, 9.17) is 0 Å². The second kappa shape index (κ2) is 11.6. The Morgan fingerprint density at radius 3 is 1.45 bits per heavy atom. The molecule has 1 aromatic heterocycles. The lowest BCUT2D eigenvalue weighted by Crippen LogP contribution is -2.10. The van der Waals surface area contributed by atoms with Crippen LogP contribution in [-0.2, 0) is 5.41 Å². The van der Waals surface area contributed by atoms with E-state index in [1.165, 1.54) is 91.8 Å². The van der Waals surface area contributed by atoms with Crippen molar-refractivity contribution in [2.24, 2.45) is 0 Å². The SMILES string of the molecule is CC(C)(C)c1cccc2c1sc1ccc(-c3cccc(-c4ccc5c(-c6ccccc6)c6ccccc6c(-c6ccccc6)c5c4)c3)cc12. The van der Waals surface area contributed by atoms with Gasteiger partial charge in [0, 0.05) is 20.2 Å². The lowest BCUT2D eigenvalue weighted by molar-refractivity contribution is 0.597. The molecule has 0 saturated heterocycles. The molecule has 8 aromatic carbocycles. The summed E-state index contributed by atoms with van der Waals surface area (Å²) in [4.78, 5) is 0. The Labute approximate surface area is 291 Å². The zero-order chi connectivity index (χ0) is 33.1. The molecule has 0 radical (unpaired) electrons. The van der Waals surface area contributed by atoms with Crippen LogP contribution in [0.4, 0.5) is 0 Å². The predicted octanol–water partition coefficient (Wildman–Crippen LogP) is 14.3. The maximum absolute atomic E-state index is 2.42. The Morgan fingerprint density at radius 1 is 0.347 bits per heavy atom. The van der Waals surface area contributed by atoms with E-state index in [9.17, 15) is 0 Å². The van der Waals surface area contributed by atoms with Crippen molar-refractivity contribution in [2.75, 3.05) is 0 Å². The third-order valence-corrected chi connectivity index (χ3v) is 11.2. The molecule has 9 aromatic rings. The summed E-state index contributed by atoms with van der Waals surface area (Å²) in [5, 5.41) is 7.79. The third kappa shape index (κ3) is 5.05. The van der Waals surface area contributed by atoms with Crippen LogP contribution in [-0.4, -0.2) is 0 Å². The highest BCUT2D eigenvalue weighted by atomic mass is 32.1. The van der Waals surface area contributed by atoms with Crippen molar-refractivity contribution in [3.05, 3.63) is 169 Å². The molecule has 0 aliphatic rings. The van der Waals surface area contributed by atoms with Gasteiger partial charge in [-0.15, -0.1) is 11.3 Å². The summed E-state index contributed by atoms with van der Waals surface area (Å²) in [5.74, 6) is 0. The van der Waals surface area contributed by atoms with Crippen molar-refractivity contribution in [3.63, 3.8) is 0 Å². The average molecular weight is 645 g/mol. The molecule has 0 spiro atoms. The van der Waals surface area contributed by atoms with Crippen LogP contribution >= 0.6 is 11.3 Å². The largest absolute Gasteiger partial charge is 0.135 e. The monoisotopic (exact) mass is 644 g/mol. The number of benzene rings is 8. The number of rotatable bonds is 4. The molecule has 1 heteroatoms. The Hall–Kier alpha value is -5.50. The van der Waals surface area contributed by atoms with Gasteiger partial charge in [-0.25, -0.2) is 0 Å². The molecule has 9 rings (SSSR count). The summed E-state index contributed by atoms with van der Waals surface area (Å²) < 4.78 is 2.75. The van der Waals surface area contributed by atoms with Crippen LogP contribution in [0.1, 0.15) is 26.3 Å². The van der Waals surface area contributed by atoms with Gasteiger partial charge in [0.2, 0.25) is 0 Å². The molecule has 234 valence electrons. The Kier molecular flexibility index (Phi) is 7.00. The lowest BCUT2D eigenvalue weighted by atomic mass is 9.85. The van der Waals surface area contributed by atoms with E-state index in [0.29, 0.717) is 0 Å². The van der Waals surface area contributed by atoms with Gasteiger partial charge in [0.1, 0.15) is 0 Å². The second-order valence-corrected chi connectivity index (χ2v) is 15.2. The molecule has 0 aliphatic carbocycles. The summed E-state index contributed by atoms with van der Waals surface area (Å²) in [6.07, 6.45) is 0. The van der Waals surface area contributed by atoms with Gasteiger partial charge in [0.05, 0.1) is 0 Å². The summed E-state index contributed by atoms with van der Waals surface area (Å²) in [6, 6.07) is 60.5. The van der Waals surface area contributed by atoms with Gasteiger partial charge in [-0.1, -0.05) is 160 Å². The van der Waals surface area contributed by atoms with E-state index in [0.717, 1.165) is 0 Å². The number of thiophene rings is 1. The van der Waals surface area contributed by atoms with Gasteiger partial charge < -0.3 is 0 Å². The van der Waals surface area contributed by atoms with Crippen molar-refractivity contribution in [1.29, 1.82) is 0 Å². The fourth-order valence-corrected chi connectivity index (χ4v) is 9.04. The van der Waals surface area contributed by atoms with E-state index >= 15 is 0 Å². The van der Waals surface area contributed by atoms with E-state index in [-0.39, 0.29) is 5.41 Å². The minimum Gasteiger partial charge on any atom is -0.135 e. The van der Waals surface area contributed by atoms with Crippen LogP contribution in [0.2, 0.25) is 0 Å². The molecule has 49 heavy (non-hydrogen) atoms. The topological polar surface area (TPSA) is 0 Å². The Morgan fingerprint density at radius 2 is 0.816 bits per heavy atom. The molecule has 0 atom stereocenters. The van der Waals surface area contributed by atoms with Crippen molar-refractivity contribution in [1.82, 2.24) is 0 Å². The molecule has 0 unspecified atom stereocenters. The van der Waals surface area contributed by atoms with Crippen LogP contribution in [0.3, 0.4) is 0 Å². The van der Waals surface area contributed by atoms with E-state index in [1.807, 2.05) is 11.3 Å². The van der Waals surface area contributed by atoms with Gasteiger partial charge in [-0.2, -0.15) is 0 Å². The Balaban J connectivity index is 1.23. The highest BCUT2D eigenvalue weighted by Crippen LogP contribution is 2.45. The zero-order valence-corrected chi connectivity index (χ0v) is 28.8. The smallest absolute Gasteiger partial charge is 0.0392 e. The third-order valence-electron chi connectivity index (χ3n) is 9.98. The summed E-state index contributed by atoms with van der Waals surface area (Å²) in [6.45, 7) is 6.93. The number of fused-ring (bicyclic) bond motifs is 5. The summed E-state index contributed by atoms with van der Waals surface area (Å²) in [7, 11) is 0. The molecule has 0 bridgehead atoms. The van der Waals surface area contributed by atoms with Gasteiger partial charge >= 0.3 is 0 Å². The quantitative estimate of drug-likeness (QED) is 0.167. The molecular formula is C48H36S. The van der Waals surface area contributed by atoms with Crippen molar-refractivity contribution in [2.45, 2.75) is 26.2 Å². The Bertz CT molecular complexity index is 2670. The van der Waals surface area contributed by atoms with Crippen molar-refractivity contribution >= 4 is 53.1 Å². The van der Waals surface area contributed by atoms with Crippen molar-refractivity contribution in [3.8, 4) is 44.5 Å². The maximum atomic E-state index is 2.42. The highest BCUT2D eigenvalue weighted by Gasteiger charge is 2.20. The molecule has 0 fully saturated rings. The molecule has 0 nitrogen and oxygen atoms in total. The number of hydrogen-bond donors (Lipinski definition) is 0. The van der Waals surface area contributed by atoms with Gasteiger partial charge in [0.25, 0.3) is 0 Å². The number of hydrogen-bond acceptors (Lipinski definition) is 1. The van der Waals surface area contributed by atoms with E-state index in [1.54, 1.807) is 0 Å². The average Bonchev–Trinajstić information content (AvgIpc) is 3.52. The van der Waals surface area contributed by atoms with E-state index in [2.05, 4.69) is 185 Å². The molecule has 0 aliphatic heterocycles. The molecule has 0 saturated carbocycles. The molecule has 1 heterocycles. The first-order valence-electron chi connectivity index (χ1n) is 17.1. The summed E-state index contributed by atoms with van der Waals surface area (Å²) >= 11 is 1.92. The van der Waals surface area contributed by atoms with Crippen LogP contribution in [0.25, 0.3) is 86.2 Å². The van der Waals surface area contributed by atoms with Gasteiger partial charge in [0.15, 0.2) is 0 Å². The van der Waals surface area contributed by atoms with Gasteiger partial charge in [-0.3, -0.25) is 0 Å². The van der Waals surface area contributed by atoms with Crippen LogP contribution in [0.5, 0.6) is 0 Å².